The number of amides is 1. The van der Waals surface area contributed by atoms with Crippen LogP contribution in [-0.4, -0.2) is 33.0 Å². The first-order valence-corrected chi connectivity index (χ1v) is 8.89. The normalized spacial score (nSPS) is 16.3. The molecule has 0 radical (unpaired) electrons. The first kappa shape index (κ1) is 17.3. The summed E-state index contributed by atoms with van der Waals surface area (Å²) in [5.41, 5.74) is 1.64. The van der Waals surface area contributed by atoms with Gasteiger partial charge in [-0.25, -0.2) is 9.37 Å². The Morgan fingerprint density at radius 3 is 2.93 bits per heavy atom. The number of hydrogen-bond donors (Lipinski definition) is 0. The van der Waals surface area contributed by atoms with E-state index in [1.807, 2.05) is 39.9 Å². The Kier molecular flexibility index (Phi) is 4.87. The lowest BCUT2D eigenvalue weighted by Gasteiger charge is -2.29. The first-order valence-electron chi connectivity index (χ1n) is 8.89. The fourth-order valence-electron chi connectivity index (χ4n) is 3.37. The van der Waals surface area contributed by atoms with Crippen LogP contribution >= 0.6 is 0 Å². The van der Waals surface area contributed by atoms with E-state index in [0.717, 1.165) is 11.3 Å². The molecule has 0 aliphatic carbocycles. The average Bonchev–Trinajstić information content (AvgIpc) is 3.10. The Morgan fingerprint density at radius 1 is 1.22 bits per heavy atom. The van der Waals surface area contributed by atoms with Crippen LogP contribution < -0.4 is 4.74 Å². The van der Waals surface area contributed by atoms with Gasteiger partial charge in [0.2, 0.25) is 5.91 Å². The van der Waals surface area contributed by atoms with E-state index in [1.165, 1.54) is 12.1 Å². The van der Waals surface area contributed by atoms with Gasteiger partial charge in [0.25, 0.3) is 0 Å². The number of aromatic nitrogens is 2. The number of halogens is 1. The van der Waals surface area contributed by atoms with E-state index in [2.05, 4.69) is 4.98 Å². The summed E-state index contributed by atoms with van der Waals surface area (Å²) >= 11 is 0. The zero-order valence-electron chi connectivity index (χ0n) is 14.8. The molecular formula is C21H20FN3O2. The topological polar surface area (TPSA) is 47.4 Å². The van der Waals surface area contributed by atoms with Crippen LogP contribution in [0.3, 0.4) is 0 Å². The van der Waals surface area contributed by atoms with Gasteiger partial charge in [-0.15, -0.1) is 0 Å². The number of carbonyl (C=O) groups is 1. The third-order valence-electron chi connectivity index (χ3n) is 4.73. The quantitative estimate of drug-likeness (QED) is 0.714. The van der Waals surface area contributed by atoms with E-state index >= 15 is 0 Å². The highest BCUT2D eigenvalue weighted by molar-refractivity contribution is 5.79. The number of imidazole rings is 1. The van der Waals surface area contributed by atoms with Crippen LogP contribution in [0.1, 0.15) is 11.1 Å². The molecule has 1 amide bonds. The molecule has 1 atom stereocenters. The van der Waals surface area contributed by atoms with E-state index in [9.17, 15) is 9.18 Å². The molecule has 0 bridgehead atoms. The highest BCUT2D eigenvalue weighted by atomic mass is 19.1. The van der Waals surface area contributed by atoms with Gasteiger partial charge in [0.05, 0.1) is 18.8 Å². The average molecular weight is 365 g/mol. The van der Waals surface area contributed by atoms with Crippen molar-refractivity contribution < 1.29 is 13.9 Å². The van der Waals surface area contributed by atoms with E-state index in [0.29, 0.717) is 25.3 Å². The minimum atomic E-state index is -0.334. The van der Waals surface area contributed by atoms with Crippen molar-refractivity contribution in [2.45, 2.75) is 25.6 Å². The summed E-state index contributed by atoms with van der Waals surface area (Å²) in [5.74, 6) is 0.417. The fourth-order valence-corrected chi connectivity index (χ4v) is 3.37. The van der Waals surface area contributed by atoms with Crippen molar-refractivity contribution in [1.82, 2.24) is 14.5 Å². The van der Waals surface area contributed by atoms with Gasteiger partial charge < -0.3 is 14.2 Å². The third kappa shape index (κ3) is 4.00. The van der Waals surface area contributed by atoms with Crippen molar-refractivity contribution in [2.24, 2.45) is 0 Å². The SMILES string of the molecule is O=C(Cc1cccc(F)c1)N1Cc2ccccc2OC[C@@H]1Cn1ccnc1. The van der Waals surface area contributed by atoms with Crippen LogP contribution in [0.2, 0.25) is 0 Å². The van der Waals surface area contributed by atoms with E-state index < -0.39 is 0 Å². The maximum atomic E-state index is 13.5. The Hall–Kier alpha value is -3.15. The predicted octanol–water partition coefficient (Wildman–Crippen LogP) is 3.05. The fraction of sp³-hybridized carbons (Fsp3) is 0.238. The Labute approximate surface area is 157 Å². The zero-order chi connectivity index (χ0) is 18.6. The maximum Gasteiger partial charge on any atom is 0.227 e. The molecule has 0 spiro atoms. The van der Waals surface area contributed by atoms with Crippen molar-refractivity contribution >= 4 is 5.91 Å². The molecule has 4 rings (SSSR count). The second-order valence-corrected chi connectivity index (χ2v) is 6.66. The van der Waals surface area contributed by atoms with Crippen molar-refractivity contribution in [1.29, 1.82) is 0 Å². The molecule has 6 heteroatoms. The molecule has 3 aromatic rings. The lowest BCUT2D eigenvalue weighted by molar-refractivity contribution is -0.134. The molecule has 0 saturated heterocycles. The summed E-state index contributed by atoms with van der Waals surface area (Å²) in [6, 6.07) is 13.8. The number of ether oxygens (including phenoxy) is 1. The van der Waals surface area contributed by atoms with Crippen molar-refractivity contribution in [3.8, 4) is 5.75 Å². The monoisotopic (exact) mass is 365 g/mol. The van der Waals surface area contributed by atoms with Crippen LogP contribution in [0, 0.1) is 5.82 Å². The molecule has 2 heterocycles. The summed E-state index contributed by atoms with van der Waals surface area (Å²) in [4.78, 5) is 19.0. The van der Waals surface area contributed by atoms with E-state index in [4.69, 9.17) is 4.74 Å². The van der Waals surface area contributed by atoms with Gasteiger partial charge in [-0.3, -0.25) is 4.79 Å². The summed E-state index contributed by atoms with van der Waals surface area (Å²) < 4.78 is 21.4. The van der Waals surface area contributed by atoms with Crippen LogP contribution in [0.15, 0.2) is 67.3 Å². The predicted molar refractivity (Wildman–Crippen MR) is 98.6 cm³/mol. The van der Waals surface area contributed by atoms with Gasteiger partial charge in [0.1, 0.15) is 18.2 Å². The molecule has 0 unspecified atom stereocenters. The third-order valence-corrected chi connectivity index (χ3v) is 4.73. The number of nitrogens with zero attached hydrogens (tertiary/aromatic N) is 3. The summed E-state index contributed by atoms with van der Waals surface area (Å²) in [5, 5.41) is 0. The van der Waals surface area contributed by atoms with Crippen LogP contribution in [0.4, 0.5) is 4.39 Å². The number of benzene rings is 2. The highest BCUT2D eigenvalue weighted by Gasteiger charge is 2.29. The van der Waals surface area contributed by atoms with Gasteiger partial charge in [-0.2, -0.15) is 0 Å². The van der Waals surface area contributed by atoms with E-state index in [1.54, 1.807) is 24.7 Å². The summed E-state index contributed by atoms with van der Waals surface area (Å²) in [7, 11) is 0. The van der Waals surface area contributed by atoms with Gasteiger partial charge in [0.15, 0.2) is 0 Å². The molecule has 0 N–H and O–H groups in total. The van der Waals surface area contributed by atoms with Gasteiger partial charge in [-0.05, 0) is 23.8 Å². The summed E-state index contributed by atoms with van der Waals surface area (Å²) in [6.45, 7) is 1.44. The molecule has 1 aromatic heterocycles. The second-order valence-electron chi connectivity index (χ2n) is 6.66. The number of carbonyl (C=O) groups excluding carboxylic acids is 1. The molecule has 2 aromatic carbocycles. The molecule has 138 valence electrons. The Bertz CT molecular complexity index is 927. The second kappa shape index (κ2) is 7.61. The van der Waals surface area contributed by atoms with Crippen molar-refractivity contribution in [3.05, 3.63) is 84.2 Å². The number of hydrogen-bond acceptors (Lipinski definition) is 3. The molecule has 1 aliphatic heterocycles. The highest BCUT2D eigenvalue weighted by Crippen LogP contribution is 2.26. The van der Waals surface area contributed by atoms with Crippen molar-refractivity contribution in [2.75, 3.05) is 6.61 Å². The number of para-hydroxylation sites is 1. The Morgan fingerprint density at radius 2 is 2.11 bits per heavy atom. The summed E-state index contributed by atoms with van der Waals surface area (Å²) in [6.07, 6.45) is 5.46. The van der Waals surface area contributed by atoms with Crippen LogP contribution in [-0.2, 0) is 24.3 Å². The molecule has 5 nitrogen and oxygen atoms in total. The minimum absolute atomic E-state index is 0.0500. The van der Waals surface area contributed by atoms with Crippen LogP contribution in [0.25, 0.3) is 0 Å². The molecular weight excluding hydrogens is 345 g/mol. The van der Waals surface area contributed by atoms with Gasteiger partial charge in [0, 0.05) is 31.0 Å². The lowest BCUT2D eigenvalue weighted by atomic mass is 10.1. The number of rotatable bonds is 4. The molecule has 27 heavy (non-hydrogen) atoms. The van der Waals surface area contributed by atoms with Gasteiger partial charge >= 0.3 is 0 Å². The maximum absolute atomic E-state index is 13.5. The minimum Gasteiger partial charge on any atom is -0.491 e. The molecule has 0 fully saturated rings. The molecule has 0 saturated carbocycles. The Balaban J connectivity index is 1.60. The largest absolute Gasteiger partial charge is 0.491 e. The lowest BCUT2D eigenvalue weighted by Crippen LogP contribution is -2.44. The van der Waals surface area contributed by atoms with E-state index in [-0.39, 0.29) is 24.2 Å². The number of fused-ring (bicyclic) bond motifs is 1. The smallest absolute Gasteiger partial charge is 0.227 e. The first-order chi connectivity index (χ1) is 13.2. The van der Waals surface area contributed by atoms with Gasteiger partial charge in [-0.1, -0.05) is 30.3 Å². The zero-order valence-corrected chi connectivity index (χ0v) is 14.8. The molecule has 1 aliphatic rings. The standard InChI is InChI=1S/C21H20FN3O2/c22-18-6-3-4-16(10-18)11-21(26)25-12-17-5-1-2-7-20(17)27-14-19(25)13-24-9-8-23-15-24/h1-10,15,19H,11-14H2/t19-/m0/s1. The van der Waals surface area contributed by atoms with Crippen molar-refractivity contribution in [3.63, 3.8) is 0 Å². The van der Waals surface area contributed by atoms with Crippen LogP contribution in [0.5, 0.6) is 5.75 Å².